The Bertz CT molecular complexity index is 418. The summed E-state index contributed by atoms with van der Waals surface area (Å²) in [5, 5.41) is 0. The summed E-state index contributed by atoms with van der Waals surface area (Å²) in [6.45, 7) is 2.66. The van der Waals surface area contributed by atoms with E-state index in [1.54, 1.807) is 11.9 Å². The van der Waals surface area contributed by atoms with Gasteiger partial charge in [0, 0.05) is 26.0 Å². The molecule has 1 amide bonds. The van der Waals surface area contributed by atoms with Crippen LogP contribution in [0.2, 0.25) is 0 Å². The summed E-state index contributed by atoms with van der Waals surface area (Å²) in [5.74, 6) is -0.643. The Labute approximate surface area is 100 Å². The number of pyridine rings is 1. The van der Waals surface area contributed by atoms with Crippen LogP contribution >= 0.6 is 0 Å². The van der Waals surface area contributed by atoms with Crippen molar-refractivity contribution < 1.29 is 14.3 Å². The van der Waals surface area contributed by atoms with Gasteiger partial charge in [-0.25, -0.2) is 4.79 Å². The minimum atomic E-state index is -0.495. The van der Waals surface area contributed by atoms with Crippen molar-refractivity contribution in [1.29, 1.82) is 0 Å². The predicted octanol–water partition coefficient (Wildman–Crippen LogP) is 1.35. The quantitative estimate of drug-likeness (QED) is 0.740. The predicted molar refractivity (Wildman–Crippen MR) is 62.8 cm³/mol. The van der Waals surface area contributed by atoms with Crippen LogP contribution in [0.3, 0.4) is 0 Å². The second kappa shape index (κ2) is 5.98. The monoisotopic (exact) mass is 236 g/mol. The molecular weight excluding hydrogens is 220 g/mol. The molecule has 0 atom stereocenters. The molecule has 0 aliphatic rings. The molecule has 0 saturated heterocycles. The Morgan fingerprint density at radius 1 is 1.35 bits per heavy atom. The first-order valence-corrected chi connectivity index (χ1v) is 5.39. The van der Waals surface area contributed by atoms with Crippen LogP contribution in [0.5, 0.6) is 0 Å². The lowest BCUT2D eigenvalue weighted by atomic mass is 10.2. The van der Waals surface area contributed by atoms with Crippen LogP contribution < -0.4 is 0 Å². The highest BCUT2D eigenvalue weighted by atomic mass is 16.5. The Morgan fingerprint density at radius 2 is 2.00 bits per heavy atom. The standard InChI is InChI=1S/C12H16N2O3/c1-4-5-14(2)11(15)9-6-10(8-13-7-9)12(16)17-3/h6-8H,4-5H2,1-3H3. The molecule has 0 spiro atoms. The van der Waals surface area contributed by atoms with Crippen LogP contribution in [0.4, 0.5) is 0 Å². The van der Waals surface area contributed by atoms with Crippen LogP contribution in [0, 0.1) is 0 Å². The van der Waals surface area contributed by atoms with Crippen LogP contribution in [-0.4, -0.2) is 42.5 Å². The fourth-order valence-electron chi connectivity index (χ4n) is 1.44. The van der Waals surface area contributed by atoms with Crippen molar-refractivity contribution in [2.45, 2.75) is 13.3 Å². The zero-order chi connectivity index (χ0) is 12.8. The summed E-state index contributed by atoms with van der Waals surface area (Å²) in [4.78, 5) is 28.7. The first kappa shape index (κ1) is 13.2. The van der Waals surface area contributed by atoms with Gasteiger partial charge in [-0.3, -0.25) is 9.78 Å². The van der Waals surface area contributed by atoms with Crippen molar-refractivity contribution in [3.63, 3.8) is 0 Å². The van der Waals surface area contributed by atoms with Gasteiger partial charge >= 0.3 is 5.97 Å². The Morgan fingerprint density at radius 3 is 2.59 bits per heavy atom. The van der Waals surface area contributed by atoms with Gasteiger partial charge in [0.2, 0.25) is 0 Å². The molecule has 1 rings (SSSR count). The van der Waals surface area contributed by atoms with Crippen LogP contribution in [0.15, 0.2) is 18.5 Å². The molecule has 0 fully saturated rings. The van der Waals surface area contributed by atoms with E-state index in [0.717, 1.165) is 6.42 Å². The zero-order valence-electron chi connectivity index (χ0n) is 10.3. The molecule has 0 saturated carbocycles. The molecule has 1 aromatic heterocycles. The smallest absolute Gasteiger partial charge is 0.339 e. The van der Waals surface area contributed by atoms with Crippen molar-refractivity contribution >= 4 is 11.9 Å². The van der Waals surface area contributed by atoms with Gasteiger partial charge in [-0.1, -0.05) is 6.92 Å². The molecule has 0 aromatic carbocycles. The lowest BCUT2D eigenvalue weighted by Gasteiger charge is -2.15. The number of hydrogen-bond donors (Lipinski definition) is 0. The summed E-state index contributed by atoms with van der Waals surface area (Å²) in [6, 6.07) is 1.49. The molecule has 1 heterocycles. The molecule has 5 nitrogen and oxygen atoms in total. The summed E-state index contributed by atoms with van der Waals surface area (Å²) in [6.07, 6.45) is 3.70. The van der Waals surface area contributed by atoms with Gasteiger partial charge in [-0.2, -0.15) is 0 Å². The van der Waals surface area contributed by atoms with Crippen molar-refractivity contribution in [3.05, 3.63) is 29.6 Å². The maximum absolute atomic E-state index is 11.9. The first-order chi connectivity index (χ1) is 8.10. The van der Waals surface area contributed by atoms with Crippen molar-refractivity contribution in [3.8, 4) is 0 Å². The number of nitrogens with zero attached hydrogens (tertiary/aromatic N) is 2. The molecule has 17 heavy (non-hydrogen) atoms. The number of aromatic nitrogens is 1. The van der Waals surface area contributed by atoms with Gasteiger partial charge in [0.1, 0.15) is 0 Å². The molecule has 0 aliphatic carbocycles. The normalized spacial score (nSPS) is 9.82. The second-order valence-corrected chi connectivity index (χ2v) is 3.68. The topological polar surface area (TPSA) is 59.5 Å². The van der Waals surface area contributed by atoms with E-state index in [0.29, 0.717) is 12.1 Å². The molecule has 0 N–H and O–H groups in total. The average molecular weight is 236 g/mol. The number of amides is 1. The van der Waals surface area contributed by atoms with Crippen molar-refractivity contribution in [1.82, 2.24) is 9.88 Å². The zero-order valence-corrected chi connectivity index (χ0v) is 10.3. The SMILES string of the molecule is CCCN(C)C(=O)c1cncc(C(=O)OC)c1. The number of methoxy groups -OCH3 is 1. The highest BCUT2D eigenvalue weighted by Gasteiger charge is 2.14. The molecule has 0 unspecified atom stereocenters. The molecule has 0 radical (unpaired) electrons. The molecule has 1 aromatic rings. The Hall–Kier alpha value is -1.91. The number of ether oxygens (including phenoxy) is 1. The lowest BCUT2D eigenvalue weighted by Crippen LogP contribution is -2.27. The van der Waals surface area contributed by atoms with E-state index in [1.165, 1.54) is 25.6 Å². The van der Waals surface area contributed by atoms with E-state index in [1.807, 2.05) is 6.92 Å². The fraction of sp³-hybridized carbons (Fsp3) is 0.417. The number of esters is 1. The number of rotatable bonds is 4. The van der Waals surface area contributed by atoms with Crippen molar-refractivity contribution in [2.24, 2.45) is 0 Å². The van der Waals surface area contributed by atoms with E-state index in [2.05, 4.69) is 9.72 Å². The largest absolute Gasteiger partial charge is 0.465 e. The van der Waals surface area contributed by atoms with Gasteiger partial charge in [-0.15, -0.1) is 0 Å². The lowest BCUT2D eigenvalue weighted by molar-refractivity contribution is 0.0600. The fourth-order valence-corrected chi connectivity index (χ4v) is 1.44. The Balaban J connectivity index is 2.91. The number of carbonyl (C=O) groups excluding carboxylic acids is 2. The van der Waals surface area contributed by atoms with E-state index in [9.17, 15) is 9.59 Å². The third-order valence-corrected chi connectivity index (χ3v) is 2.31. The van der Waals surface area contributed by atoms with Gasteiger partial charge in [0.15, 0.2) is 0 Å². The maximum Gasteiger partial charge on any atom is 0.339 e. The molecular formula is C12H16N2O3. The van der Waals surface area contributed by atoms with Crippen LogP contribution in [-0.2, 0) is 4.74 Å². The summed E-state index contributed by atoms with van der Waals surface area (Å²) in [5.41, 5.74) is 0.673. The number of hydrogen-bond acceptors (Lipinski definition) is 4. The van der Waals surface area contributed by atoms with Crippen LogP contribution in [0.25, 0.3) is 0 Å². The third-order valence-electron chi connectivity index (χ3n) is 2.31. The van der Waals surface area contributed by atoms with Crippen molar-refractivity contribution in [2.75, 3.05) is 20.7 Å². The summed E-state index contributed by atoms with van der Waals surface area (Å²) >= 11 is 0. The van der Waals surface area contributed by atoms with E-state index < -0.39 is 5.97 Å². The molecule has 92 valence electrons. The summed E-state index contributed by atoms with van der Waals surface area (Å²) in [7, 11) is 3.01. The van der Waals surface area contributed by atoms with Gasteiger partial charge in [0.25, 0.3) is 5.91 Å². The minimum Gasteiger partial charge on any atom is -0.465 e. The van der Waals surface area contributed by atoms with Gasteiger partial charge in [-0.05, 0) is 12.5 Å². The van der Waals surface area contributed by atoms with Gasteiger partial charge in [0.05, 0.1) is 18.2 Å². The minimum absolute atomic E-state index is 0.148. The first-order valence-electron chi connectivity index (χ1n) is 5.39. The second-order valence-electron chi connectivity index (χ2n) is 3.68. The summed E-state index contributed by atoms with van der Waals surface area (Å²) < 4.78 is 4.58. The highest BCUT2D eigenvalue weighted by molar-refractivity contribution is 5.97. The third kappa shape index (κ3) is 3.27. The van der Waals surface area contributed by atoms with E-state index in [-0.39, 0.29) is 11.5 Å². The Kier molecular flexibility index (Phi) is 4.63. The van der Waals surface area contributed by atoms with E-state index in [4.69, 9.17) is 0 Å². The van der Waals surface area contributed by atoms with Crippen LogP contribution in [0.1, 0.15) is 34.1 Å². The van der Waals surface area contributed by atoms with Gasteiger partial charge < -0.3 is 9.64 Å². The molecule has 0 aliphatic heterocycles. The average Bonchev–Trinajstić information content (AvgIpc) is 2.37. The highest BCUT2D eigenvalue weighted by Crippen LogP contribution is 2.07. The maximum atomic E-state index is 11.9. The number of carbonyl (C=O) groups is 2. The molecule has 5 heteroatoms. The molecule has 0 bridgehead atoms. The van der Waals surface area contributed by atoms with E-state index >= 15 is 0 Å².